The van der Waals surface area contributed by atoms with Crippen molar-refractivity contribution >= 4 is 49.5 Å². The van der Waals surface area contributed by atoms with Crippen LogP contribution in [0.5, 0.6) is 0 Å². The first kappa shape index (κ1) is 18.7. The summed E-state index contributed by atoms with van der Waals surface area (Å²) in [5.74, 6) is -0.583. The lowest BCUT2D eigenvalue weighted by Crippen LogP contribution is -2.38. The third-order valence-electron chi connectivity index (χ3n) is 2.77. The molecule has 0 amide bonds. The zero-order valence-electron chi connectivity index (χ0n) is 12.8. The highest BCUT2D eigenvalue weighted by Crippen LogP contribution is 2.30. The van der Waals surface area contributed by atoms with Crippen molar-refractivity contribution in [1.29, 1.82) is 0 Å². The van der Waals surface area contributed by atoms with Crippen LogP contribution in [-0.2, 0) is 15.1 Å². The van der Waals surface area contributed by atoms with Crippen LogP contribution in [0.1, 0.15) is 19.4 Å². The lowest BCUT2D eigenvalue weighted by atomic mass is 9.40. The number of benzene rings is 1. The maximum Gasteiger partial charge on any atom is 0.240 e. The van der Waals surface area contributed by atoms with E-state index in [0.717, 1.165) is 6.07 Å². The van der Waals surface area contributed by atoms with Crippen molar-refractivity contribution in [2.75, 3.05) is 6.54 Å². The second-order valence-corrected chi connectivity index (χ2v) is 9.27. The summed E-state index contributed by atoms with van der Waals surface area (Å²) >= 11 is 3.24. The monoisotopic (exact) mass is 375 g/mol. The molecule has 0 bridgehead atoms. The second-order valence-electron chi connectivity index (χ2n) is 6.65. The van der Waals surface area contributed by atoms with E-state index in [0.29, 0.717) is 10.0 Å². The van der Waals surface area contributed by atoms with E-state index in [2.05, 4.69) is 20.7 Å². The standard InChI is InChI=1S/C11H18B3BrFNO3S/c1-10(2,18)5-17-21(19,20)6-3-7(15)9(8(16)4-6)11(12,13)14/h3-4,17-18H,5,12-14H2,1-2H3. The summed E-state index contributed by atoms with van der Waals surface area (Å²) in [6.07, 6.45) is 0. The molecule has 0 radical (unpaired) electrons. The molecule has 0 spiro atoms. The van der Waals surface area contributed by atoms with Crippen LogP contribution in [0.15, 0.2) is 21.5 Å². The Hall–Kier alpha value is -0.305. The Balaban J connectivity index is 3.22. The SMILES string of the molecule is BC(B)(B)c1c(F)cc(S(=O)(=O)NCC(C)(C)O)cc1Br. The van der Waals surface area contributed by atoms with Crippen LogP contribution < -0.4 is 4.72 Å². The van der Waals surface area contributed by atoms with Crippen LogP contribution >= 0.6 is 15.9 Å². The summed E-state index contributed by atoms with van der Waals surface area (Å²) in [4.78, 5) is -0.177. The maximum atomic E-state index is 14.2. The van der Waals surface area contributed by atoms with E-state index in [1.54, 1.807) is 0 Å². The van der Waals surface area contributed by atoms with Gasteiger partial charge in [-0.05, 0) is 31.5 Å². The molecule has 114 valence electrons. The smallest absolute Gasteiger partial charge is 0.240 e. The number of hydrogen-bond acceptors (Lipinski definition) is 3. The summed E-state index contributed by atoms with van der Waals surface area (Å²) in [6, 6.07) is 2.37. The van der Waals surface area contributed by atoms with Crippen molar-refractivity contribution in [3.05, 3.63) is 28.0 Å². The molecule has 1 rings (SSSR count). The zero-order chi connectivity index (χ0) is 16.6. The van der Waals surface area contributed by atoms with E-state index in [4.69, 9.17) is 0 Å². The minimum Gasteiger partial charge on any atom is -0.389 e. The molecular formula is C11H18B3BrFNO3S. The van der Waals surface area contributed by atoms with Gasteiger partial charge in [0.2, 0.25) is 10.0 Å². The van der Waals surface area contributed by atoms with Crippen LogP contribution in [0.25, 0.3) is 0 Å². The molecular weight excluding hydrogens is 358 g/mol. The Labute approximate surface area is 136 Å². The van der Waals surface area contributed by atoms with Gasteiger partial charge in [-0.25, -0.2) is 17.5 Å². The van der Waals surface area contributed by atoms with E-state index < -0.39 is 26.6 Å². The van der Waals surface area contributed by atoms with Gasteiger partial charge in [-0.1, -0.05) is 21.0 Å². The van der Waals surface area contributed by atoms with Crippen molar-refractivity contribution in [2.24, 2.45) is 0 Å². The van der Waals surface area contributed by atoms with E-state index in [-0.39, 0.29) is 11.4 Å². The molecule has 0 aromatic heterocycles. The van der Waals surface area contributed by atoms with E-state index >= 15 is 0 Å². The Morgan fingerprint density at radius 2 is 1.86 bits per heavy atom. The topological polar surface area (TPSA) is 66.4 Å². The lowest BCUT2D eigenvalue weighted by Gasteiger charge is -2.23. The van der Waals surface area contributed by atoms with Crippen molar-refractivity contribution in [2.45, 2.75) is 29.5 Å². The minimum absolute atomic E-state index is 0.157. The van der Waals surface area contributed by atoms with Gasteiger partial charge in [-0.2, -0.15) is 0 Å². The molecule has 1 aromatic carbocycles. The predicted octanol–water partition coefficient (Wildman–Crippen LogP) is -1.35. The normalized spacial score (nSPS) is 13.4. The third kappa shape index (κ3) is 5.12. The molecule has 2 N–H and O–H groups in total. The van der Waals surface area contributed by atoms with E-state index in [1.807, 2.05) is 23.5 Å². The number of halogens is 2. The van der Waals surface area contributed by atoms with Gasteiger partial charge in [-0.3, -0.25) is 0 Å². The molecule has 0 saturated heterocycles. The fourth-order valence-electron chi connectivity index (χ4n) is 1.78. The molecule has 21 heavy (non-hydrogen) atoms. The highest BCUT2D eigenvalue weighted by molar-refractivity contribution is 9.10. The summed E-state index contributed by atoms with van der Waals surface area (Å²) in [5.41, 5.74) is -0.766. The molecule has 1 aromatic rings. The molecule has 10 heteroatoms. The van der Waals surface area contributed by atoms with Gasteiger partial charge in [0.25, 0.3) is 0 Å². The Bertz CT molecular complexity index is 618. The van der Waals surface area contributed by atoms with Crippen molar-refractivity contribution in [1.82, 2.24) is 4.72 Å². The zero-order valence-corrected chi connectivity index (χ0v) is 15.2. The van der Waals surface area contributed by atoms with Gasteiger partial charge in [0.05, 0.1) is 34.0 Å². The molecule has 0 atom stereocenters. The van der Waals surface area contributed by atoms with Crippen molar-refractivity contribution in [3.63, 3.8) is 0 Å². The highest BCUT2D eigenvalue weighted by Gasteiger charge is 2.26. The molecule has 0 aliphatic heterocycles. The number of rotatable bonds is 5. The first-order valence-electron chi connectivity index (χ1n) is 6.45. The Morgan fingerprint density at radius 1 is 1.33 bits per heavy atom. The van der Waals surface area contributed by atoms with Gasteiger partial charge >= 0.3 is 0 Å². The van der Waals surface area contributed by atoms with Crippen LogP contribution in [0.2, 0.25) is 0 Å². The van der Waals surface area contributed by atoms with Crippen LogP contribution in [0, 0.1) is 5.82 Å². The van der Waals surface area contributed by atoms with Crippen molar-refractivity contribution in [3.8, 4) is 0 Å². The summed E-state index contributed by atoms with van der Waals surface area (Å²) < 4.78 is 41.2. The maximum absolute atomic E-state index is 14.2. The van der Waals surface area contributed by atoms with Crippen LogP contribution in [-0.4, -0.2) is 49.2 Å². The number of nitrogens with one attached hydrogen (secondary N) is 1. The summed E-state index contributed by atoms with van der Waals surface area (Å²) in [7, 11) is 1.65. The van der Waals surface area contributed by atoms with Gasteiger partial charge in [0.15, 0.2) is 0 Å². The Morgan fingerprint density at radius 3 is 2.24 bits per heavy atom. The number of aliphatic hydroxyl groups is 1. The fraction of sp³-hybridized carbons (Fsp3) is 0.455. The second kappa shape index (κ2) is 6.06. The first-order chi connectivity index (χ1) is 9.24. The number of hydrogen-bond donors (Lipinski definition) is 2. The average molecular weight is 376 g/mol. The summed E-state index contributed by atoms with van der Waals surface area (Å²) in [6.45, 7) is 2.80. The number of sulfonamides is 1. The van der Waals surface area contributed by atoms with Crippen LogP contribution in [0.4, 0.5) is 4.39 Å². The van der Waals surface area contributed by atoms with Gasteiger partial charge in [0, 0.05) is 11.0 Å². The minimum atomic E-state index is -3.88. The van der Waals surface area contributed by atoms with Gasteiger partial charge < -0.3 is 5.11 Å². The third-order valence-corrected chi connectivity index (χ3v) is 4.78. The highest BCUT2D eigenvalue weighted by atomic mass is 79.9. The fourth-order valence-corrected chi connectivity index (χ4v) is 4.20. The lowest BCUT2D eigenvalue weighted by molar-refractivity contribution is 0.0857. The van der Waals surface area contributed by atoms with Crippen molar-refractivity contribution < 1.29 is 17.9 Å². The van der Waals surface area contributed by atoms with Gasteiger partial charge in [-0.15, -0.1) is 0 Å². The predicted molar refractivity (Wildman–Crippen MR) is 92.9 cm³/mol. The van der Waals surface area contributed by atoms with E-state index in [9.17, 15) is 17.9 Å². The molecule has 0 unspecified atom stereocenters. The molecule has 0 aliphatic carbocycles. The molecule has 0 fully saturated rings. The van der Waals surface area contributed by atoms with E-state index in [1.165, 1.54) is 19.9 Å². The molecule has 4 nitrogen and oxygen atoms in total. The van der Waals surface area contributed by atoms with Gasteiger partial charge in [0.1, 0.15) is 5.82 Å². The molecule has 0 aliphatic rings. The molecule has 0 saturated carbocycles. The molecule has 0 heterocycles. The largest absolute Gasteiger partial charge is 0.389 e. The quantitative estimate of drug-likeness (QED) is 0.625. The first-order valence-corrected chi connectivity index (χ1v) is 8.73. The Kier molecular flexibility index (Phi) is 5.41. The summed E-state index contributed by atoms with van der Waals surface area (Å²) in [5, 5.41) is 9.12. The van der Waals surface area contributed by atoms with Crippen LogP contribution in [0.3, 0.4) is 0 Å². The average Bonchev–Trinajstić information content (AvgIpc) is 2.22.